The van der Waals surface area contributed by atoms with E-state index in [0.717, 1.165) is 0 Å². The van der Waals surface area contributed by atoms with Crippen molar-refractivity contribution in [2.45, 2.75) is 44.4 Å². The molecule has 0 amide bonds. The topological polar surface area (TPSA) is 118 Å². The van der Waals surface area contributed by atoms with Gasteiger partial charge < -0.3 is 23.8 Å². The van der Waals surface area contributed by atoms with Crippen molar-refractivity contribution in [3.8, 4) is 0 Å². The van der Waals surface area contributed by atoms with Crippen LogP contribution >= 0.6 is 0 Å². The molecule has 2 fully saturated rings. The van der Waals surface area contributed by atoms with E-state index in [9.17, 15) is 9.59 Å². The SMILES string of the molecule is CC(=O)O[C@@]1(C)[C@@H](COC(=O)c2ccccc2)O[C@@H](n2cnc3c(N4CCOCC4)ncnc32)[C@]1(C)F. The number of carbonyl (C=O) groups excluding carboxylic acids is 2. The summed E-state index contributed by atoms with van der Waals surface area (Å²) in [4.78, 5) is 39.8. The second-order valence-corrected chi connectivity index (χ2v) is 9.34. The summed E-state index contributed by atoms with van der Waals surface area (Å²) in [6.45, 7) is 5.97. The molecule has 4 atom stereocenters. The second kappa shape index (κ2) is 9.67. The lowest BCUT2D eigenvalue weighted by Crippen LogP contribution is -2.55. The Balaban J connectivity index is 1.47. The molecular formula is C25H28FN5O6. The number of benzene rings is 1. The van der Waals surface area contributed by atoms with Crippen molar-refractivity contribution in [2.75, 3.05) is 37.8 Å². The molecule has 2 aliphatic rings. The predicted molar refractivity (Wildman–Crippen MR) is 129 cm³/mol. The number of alkyl halides is 1. The maximum Gasteiger partial charge on any atom is 0.338 e. The van der Waals surface area contributed by atoms with Crippen molar-refractivity contribution >= 4 is 28.9 Å². The average Bonchev–Trinajstić information content (AvgIpc) is 3.39. The zero-order valence-corrected chi connectivity index (χ0v) is 20.8. The number of esters is 2. The number of hydrogen-bond acceptors (Lipinski definition) is 10. The molecule has 37 heavy (non-hydrogen) atoms. The zero-order valence-electron chi connectivity index (χ0n) is 20.8. The lowest BCUT2D eigenvalue weighted by atomic mass is 9.84. The number of halogens is 1. The largest absolute Gasteiger partial charge is 0.459 e. The van der Waals surface area contributed by atoms with Crippen molar-refractivity contribution in [2.24, 2.45) is 0 Å². The Labute approximate surface area is 212 Å². The number of anilines is 1. The molecule has 0 saturated carbocycles. The van der Waals surface area contributed by atoms with Gasteiger partial charge in [0.25, 0.3) is 0 Å². The first-order valence-corrected chi connectivity index (χ1v) is 12.0. The molecule has 1 aromatic carbocycles. The van der Waals surface area contributed by atoms with E-state index in [2.05, 4.69) is 15.0 Å². The summed E-state index contributed by atoms with van der Waals surface area (Å²) in [5.41, 5.74) is -2.85. The predicted octanol–water partition coefficient (Wildman–Crippen LogP) is 2.47. The molecule has 196 valence electrons. The fourth-order valence-electron chi connectivity index (χ4n) is 4.79. The number of ether oxygens (including phenoxy) is 4. The van der Waals surface area contributed by atoms with Crippen LogP contribution in [-0.2, 0) is 23.7 Å². The summed E-state index contributed by atoms with van der Waals surface area (Å²) in [6.07, 6.45) is 0.426. The van der Waals surface area contributed by atoms with Gasteiger partial charge >= 0.3 is 11.9 Å². The van der Waals surface area contributed by atoms with Gasteiger partial charge in [-0.15, -0.1) is 0 Å². The highest BCUT2D eigenvalue weighted by atomic mass is 19.1. The number of hydrogen-bond donors (Lipinski definition) is 0. The molecule has 11 nitrogen and oxygen atoms in total. The van der Waals surface area contributed by atoms with Crippen LogP contribution in [0.2, 0.25) is 0 Å². The maximum absolute atomic E-state index is 16.7. The Bertz CT molecular complexity index is 1300. The minimum absolute atomic E-state index is 0.335. The second-order valence-electron chi connectivity index (χ2n) is 9.34. The first-order valence-electron chi connectivity index (χ1n) is 12.0. The van der Waals surface area contributed by atoms with Gasteiger partial charge in [-0.3, -0.25) is 9.36 Å². The number of carbonyl (C=O) groups is 2. The summed E-state index contributed by atoms with van der Waals surface area (Å²) in [7, 11) is 0. The summed E-state index contributed by atoms with van der Waals surface area (Å²) < 4.78 is 40.6. The molecule has 0 bridgehead atoms. The lowest BCUT2D eigenvalue weighted by Gasteiger charge is -2.36. The van der Waals surface area contributed by atoms with Gasteiger partial charge in [0, 0.05) is 20.0 Å². The van der Waals surface area contributed by atoms with Crippen molar-refractivity contribution < 1.29 is 32.9 Å². The Morgan fingerprint density at radius 2 is 1.86 bits per heavy atom. The van der Waals surface area contributed by atoms with E-state index in [1.54, 1.807) is 30.3 Å². The highest BCUT2D eigenvalue weighted by Crippen LogP contribution is 2.51. The van der Waals surface area contributed by atoms with Crippen LogP contribution in [0.4, 0.5) is 10.2 Å². The van der Waals surface area contributed by atoms with Gasteiger partial charge in [0.2, 0.25) is 0 Å². The van der Waals surface area contributed by atoms with Crippen molar-refractivity contribution in [1.82, 2.24) is 19.5 Å². The van der Waals surface area contributed by atoms with E-state index in [-0.39, 0.29) is 6.61 Å². The van der Waals surface area contributed by atoms with Gasteiger partial charge in [0.15, 0.2) is 34.5 Å². The molecule has 5 rings (SSSR count). The molecule has 3 aromatic rings. The highest BCUT2D eigenvalue weighted by Gasteiger charge is 2.66. The zero-order chi connectivity index (χ0) is 26.2. The number of fused-ring (bicyclic) bond motifs is 1. The van der Waals surface area contributed by atoms with Crippen LogP contribution in [0.5, 0.6) is 0 Å². The van der Waals surface area contributed by atoms with Gasteiger partial charge in [-0.25, -0.2) is 24.1 Å². The summed E-state index contributed by atoms with van der Waals surface area (Å²) in [5.74, 6) is -0.682. The van der Waals surface area contributed by atoms with E-state index < -0.39 is 35.5 Å². The standard InChI is InChI=1S/C25H28FN5O6/c1-16(32)37-25(3)18(13-35-22(33)17-7-5-4-6-8-17)36-23(24(25,2)26)31-15-29-19-20(27-14-28-21(19)31)30-9-11-34-12-10-30/h4-8,14-15,18,23H,9-13H2,1-3H3/t18-,23-,24+,25+/m1/s1. The van der Waals surface area contributed by atoms with E-state index in [4.69, 9.17) is 18.9 Å². The molecule has 0 aliphatic carbocycles. The Morgan fingerprint density at radius 3 is 2.57 bits per heavy atom. The number of rotatable bonds is 6. The maximum atomic E-state index is 16.7. The fraction of sp³-hybridized carbons (Fsp3) is 0.480. The molecule has 2 saturated heterocycles. The third-order valence-corrected chi connectivity index (χ3v) is 6.98. The number of aromatic nitrogens is 4. The smallest absolute Gasteiger partial charge is 0.338 e. The van der Waals surface area contributed by atoms with Gasteiger partial charge in [0.1, 0.15) is 19.0 Å². The average molecular weight is 514 g/mol. The third kappa shape index (κ3) is 4.40. The van der Waals surface area contributed by atoms with Gasteiger partial charge in [-0.05, 0) is 26.0 Å². The molecular weight excluding hydrogens is 485 g/mol. The molecule has 0 spiro atoms. The fourth-order valence-corrected chi connectivity index (χ4v) is 4.79. The molecule has 2 aliphatic heterocycles. The van der Waals surface area contributed by atoms with E-state index >= 15 is 4.39 Å². The summed E-state index contributed by atoms with van der Waals surface area (Å²) in [5, 5.41) is 0. The van der Waals surface area contributed by atoms with Crippen LogP contribution in [0.1, 0.15) is 37.4 Å². The Morgan fingerprint density at radius 1 is 1.14 bits per heavy atom. The van der Waals surface area contributed by atoms with Crippen LogP contribution in [-0.4, -0.2) is 81.7 Å². The minimum atomic E-state index is -2.25. The third-order valence-electron chi connectivity index (χ3n) is 6.98. The molecule has 0 N–H and O–H groups in total. The first-order chi connectivity index (χ1) is 17.7. The molecule has 0 unspecified atom stereocenters. The Hall–Kier alpha value is -3.64. The lowest BCUT2D eigenvalue weighted by molar-refractivity contribution is -0.175. The van der Waals surface area contributed by atoms with Crippen molar-refractivity contribution in [1.29, 1.82) is 0 Å². The normalized spacial score (nSPS) is 27.8. The summed E-state index contributed by atoms with van der Waals surface area (Å²) >= 11 is 0. The molecule has 4 heterocycles. The van der Waals surface area contributed by atoms with Crippen LogP contribution in [0, 0.1) is 0 Å². The molecule has 0 radical (unpaired) electrons. The highest BCUT2D eigenvalue weighted by molar-refractivity contribution is 5.89. The van der Waals surface area contributed by atoms with Gasteiger partial charge in [-0.1, -0.05) is 18.2 Å². The Kier molecular flexibility index (Phi) is 6.54. The minimum Gasteiger partial charge on any atom is -0.459 e. The van der Waals surface area contributed by atoms with Crippen LogP contribution < -0.4 is 4.90 Å². The summed E-state index contributed by atoms with van der Waals surface area (Å²) in [6, 6.07) is 8.40. The first kappa shape index (κ1) is 25.0. The van der Waals surface area contributed by atoms with E-state index in [1.807, 2.05) is 4.90 Å². The molecule has 2 aromatic heterocycles. The monoisotopic (exact) mass is 513 g/mol. The number of imidazole rings is 1. The van der Waals surface area contributed by atoms with Crippen LogP contribution in [0.25, 0.3) is 11.2 Å². The quantitative estimate of drug-likeness (QED) is 0.455. The van der Waals surface area contributed by atoms with Gasteiger partial charge in [-0.2, -0.15) is 0 Å². The van der Waals surface area contributed by atoms with E-state index in [1.165, 1.54) is 38.0 Å². The van der Waals surface area contributed by atoms with Crippen molar-refractivity contribution in [3.63, 3.8) is 0 Å². The van der Waals surface area contributed by atoms with E-state index in [0.29, 0.717) is 48.8 Å². The molecule has 12 heteroatoms. The number of morpholine rings is 1. The van der Waals surface area contributed by atoms with Gasteiger partial charge in [0.05, 0.1) is 25.1 Å². The van der Waals surface area contributed by atoms with Crippen LogP contribution in [0.15, 0.2) is 43.0 Å². The van der Waals surface area contributed by atoms with Crippen molar-refractivity contribution in [3.05, 3.63) is 48.5 Å². The number of nitrogens with zero attached hydrogens (tertiary/aromatic N) is 5. The van der Waals surface area contributed by atoms with Crippen LogP contribution in [0.3, 0.4) is 0 Å².